The molecular weight excluding hydrogens is 4930 g/mol. The van der Waals surface area contributed by atoms with Gasteiger partial charge in [-0.1, -0.05) is 50.2 Å². The number of fused-ring (bicyclic) bond motifs is 7. The molecule has 7 heterocycles. The molecule has 0 amide bonds. The number of ether oxygens (including phenoxy) is 1. The third kappa shape index (κ3) is 179. The molecule has 5 aliphatic heterocycles. The van der Waals surface area contributed by atoms with Crippen molar-refractivity contribution in [2.45, 2.75) is 90.2 Å². The SMILES string of the molecule is CCC12CCCN3CCc4c(n(c5ccccc45)C(=O)C1)C32.N#CBr.[C-]#[N+]N1CCC[C@@]2(CC)CC(=O)n3c(c(c4ccccc43)CC1)[C@H]2OC.[V].[V].[V].[V].[V].[V].[V].[V].[V].[V].[V].[V].[V].[V].[V].[V].[V].[V].[V].[V].[V].[V].[V].[V].[V].[V].[V].[V].[V].[V].[V].[V].[V].[V].[V].[V].[V].[V].[V].[V].[V].[V].[V].[V].[V].[V].[V].[V].[V].[V].[V].[V].[V].[V].[V].[V].[V].[V].[V].[V].[V].[V].[V].[V].[V].[V].[V].[V].[V].[V].[V].[V].[V].[V].[V].[V].[V].[V].[V].[V].[V].[V].[V]. The summed E-state index contributed by atoms with van der Waals surface area (Å²) in [5.74, 6) is 0.500. The second-order valence-electron chi connectivity index (χ2n) is 14.9. The van der Waals surface area contributed by atoms with Crippen LogP contribution in [-0.2, 0) is 1560 Å². The van der Waals surface area contributed by atoms with E-state index in [4.69, 9.17) is 16.6 Å². The molecule has 93 heteroatoms. The zero-order valence-electron chi connectivity index (χ0n) is 67.1. The minimum absolute atomic E-state index is 0. The van der Waals surface area contributed by atoms with Crippen LogP contribution in [0.2, 0.25) is 0 Å². The Morgan fingerprint density at radius 3 is 0.761 bits per heavy atom. The van der Waals surface area contributed by atoms with Gasteiger partial charge in [0.15, 0.2) is 0 Å². The number of carbonyl (C=O) groups excluding carboxylic acids is 2. The summed E-state index contributed by atoms with van der Waals surface area (Å²) in [5.41, 5.74) is 7.09. The van der Waals surface area contributed by atoms with Crippen LogP contribution in [-0.4, -0.2) is 64.1 Å². The summed E-state index contributed by atoms with van der Waals surface area (Å²) in [7, 11) is 1.77. The van der Waals surface area contributed by atoms with E-state index in [-0.39, 0.29) is 1560 Å². The molecule has 0 spiro atoms. The molecule has 681 valence electrons. The number of methoxy groups -OCH3 is 1. The van der Waals surface area contributed by atoms with Crippen molar-refractivity contribution in [3.63, 3.8) is 0 Å². The summed E-state index contributed by atoms with van der Waals surface area (Å²) >= 11 is 2.45. The monoisotopic (exact) mass is 4980 g/mol. The van der Waals surface area contributed by atoms with Gasteiger partial charge in [-0.2, -0.15) is 16.8 Å². The quantitative estimate of drug-likeness (QED) is 0.191. The molecule has 134 heavy (non-hydrogen) atoms. The molecule has 1 saturated heterocycles. The summed E-state index contributed by atoms with van der Waals surface area (Å²) in [6.07, 6.45) is 9.28. The Morgan fingerprint density at radius 1 is 0.328 bits per heavy atom. The Bertz CT molecular complexity index is 2200. The van der Waals surface area contributed by atoms with Crippen LogP contribution in [0.5, 0.6) is 0 Å². The molecule has 0 aliphatic carbocycles. The molecule has 9 rings (SSSR count). The van der Waals surface area contributed by atoms with E-state index in [1.165, 1.54) is 41.6 Å². The van der Waals surface area contributed by atoms with E-state index in [2.05, 4.69) is 74.5 Å². The molecule has 1 fully saturated rings. The molecule has 0 N–H and O–H groups in total. The standard InChI is InChI=1S/C21H25N3O2.C19H22N2O.CBrN.83V/c1-4-21-11-7-12-23(22-2)13-10-16-15-8-5-6-9-17(15)24(18(25)14-21)19(16)20(21)26-3;1-2-19-9-5-10-20-11-8-14-13-6-3-4-7-15(13)21(16(22)12-19)17(14)18(19)20;2-1-3;;;;;;;;;;;;;;;;;;;;;;;;;;;;;;;;;;;;;;;;;;;;;;;;;;;;;;;;;;;;;;;;;;;;;;;;;;;;;;;;;;;/h5-6,8-9,20H,4,7,10-14H2,1,3H3;3-4,6-7,18H,2,5,8-12H2,1H3;;;;;;;;;;;;;;;;;;;;;;;;;;;;;;;;;;;;;;;;;;;;;;;;;;;;;;;;;;;;;;;;;;;;;;;;;;;;;;;;;;;;/t20-,21+;;;;;;;;;;;;;;;;;;;;;;;;;;;;;;;;;;;;;;;;;;;;;;;;;;;;;;;;;;;;;;;;;;;;;;;;;;;;;;;;;;;;;/m1...................................................................................../s1. The van der Waals surface area contributed by atoms with Gasteiger partial charge in [0.05, 0.1) is 35.9 Å². The van der Waals surface area contributed by atoms with E-state index in [0.29, 0.717) is 24.9 Å². The number of rotatable bonds is 3. The third-order valence-electron chi connectivity index (χ3n) is 12.8. The number of benzene rings is 2. The summed E-state index contributed by atoms with van der Waals surface area (Å²) in [6, 6.07) is 17.1. The van der Waals surface area contributed by atoms with Crippen molar-refractivity contribution in [3.8, 4) is 4.98 Å². The first-order chi connectivity index (χ1) is 24.8. The molecule has 2 unspecified atom stereocenters. The Hall–Kier alpha value is 44.5. The number of nitriles is 1. The van der Waals surface area contributed by atoms with Gasteiger partial charge < -0.3 is 4.74 Å². The molecule has 2 aromatic heterocycles. The predicted octanol–water partition coefficient (Wildman–Crippen LogP) is 8.67. The van der Waals surface area contributed by atoms with Crippen molar-refractivity contribution in [2.24, 2.45) is 10.8 Å². The zero-order chi connectivity index (χ0) is 35.9. The normalized spacial score (nSPS) is 10.1. The van der Waals surface area contributed by atoms with Gasteiger partial charge in [0.2, 0.25) is 11.8 Å². The Kier molecular flexibility index (Phi) is 1340. The topological polar surface area (TPSA) is 87.9 Å². The van der Waals surface area contributed by atoms with Crippen LogP contribution in [0, 0.1) is 27.6 Å². The van der Waals surface area contributed by atoms with Crippen molar-refractivity contribution in [3.05, 3.63) is 82.6 Å². The Labute approximate surface area is 1800 Å². The zero-order valence-corrected chi connectivity index (χ0v) is 185. The van der Waals surface area contributed by atoms with Crippen LogP contribution in [0.4, 0.5) is 0 Å². The van der Waals surface area contributed by atoms with Gasteiger partial charge >= 0.3 is 0 Å². The third-order valence-corrected chi connectivity index (χ3v) is 12.8. The molecule has 2 bridgehead atoms. The summed E-state index contributed by atoms with van der Waals surface area (Å²) in [5, 5.41) is 11.5. The molecule has 4 aromatic rings. The molecule has 5 aliphatic rings. The minimum atomic E-state index is -0.185. The molecule has 83 radical (unpaired) electrons. The number of halogens is 1. The van der Waals surface area contributed by atoms with Crippen molar-refractivity contribution in [1.29, 1.82) is 5.26 Å². The van der Waals surface area contributed by atoms with E-state index in [9.17, 15) is 9.59 Å². The Balaban J connectivity index is -0.00000000392. The number of para-hydroxylation sites is 2. The molecule has 4 atom stereocenters. The predicted molar refractivity (Wildman–Crippen MR) is 202 cm³/mol. The van der Waals surface area contributed by atoms with Gasteiger partial charge in [0, 0.05) is 1610 Å². The second-order valence-corrected chi connectivity index (χ2v) is 15.3. The first-order valence-electron chi connectivity index (χ1n) is 18.5. The number of hydrogen-bond acceptors (Lipinski definition) is 6. The van der Waals surface area contributed by atoms with Gasteiger partial charge in [-0.05, 0) is 81.2 Å². The molecule has 9 nitrogen and oxygen atoms in total. The van der Waals surface area contributed by atoms with Crippen LogP contribution in [0.25, 0.3) is 26.8 Å². The van der Waals surface area contributed by atoms with E-state index < -0.39 is 0 Å². The van der Waals surface area contributed by atoms with Crippen molar-refractivity contribution >= 4 is 49.6 Å². The maximum Gasteiger partial charge on any atom is 0.232 e. The summed E-state index contributed by atoms with van der Waals surface area (Å²) < 4.78 is 10.0. The maximum absolute atomic E-state index is 13.2. The fraction of sp³-hybridized carbons (Fsp3) is 0.512. The van der Waals surface area contributed by atoms with Crippen LogP contribution in [0.1, 0.15) is 109 Å². The van der Waals surface area contributed by atoms with Crippen molar-refractivity contribution < 1.29 is 1550 Å². The second kappa shape index (κ2) is 330. The van der Waals surface area contributed by atoms with Crippen LogP contribution in [0.15, 0.2) is 48.5 Å². The molecule has 2 aromatic carbocycles. The van der Waals surface area contributed by atoms with Gasteiger partial charge in [-0.25, -0.2) is 0 Å². The first kappa shape index (κ1) is 546. The van der Waals surface area contributed by atoms with E-state index in [0.717, 1.165) is 80.1 Å². The number of aromatic nitrogens is 2. The largest absolute Gasteiger partial charge is 0.375 e. The number of hydrogen-bond donors (Lipinski definition) is 0. The fourth-order valence-electron chi connectivity index (χ4n) is 10.5. The number of nitrogens with zero attached hydrogens (tertiary/aromatic N) is 6. The molecule has 0 saturated carbocycles. The van der Waals surface area contributed by atoms with E-state index in [1.54, 1.807) is 12.1 Å². The van der Waals surface area contributed by atoms with Gasteiger partial charge in [0.1, 0.15) is 11.1 Å². The summed E-state index contributed by atoms with van der Waals surface area (Å²) in [6.45, 7) is 15.7. The Morgan fingerprint density at radius 2 is 0.530 bits per heavy atom. The smallest absolute Gasteiger partial charge is 0.232 e. The average Bonchev–Trinajstić information content (AvgIpc) is 1.58. The fourth-order valence-corrected chi connectivity index (χ4v) is 10.5. The molecular formula is C41H47BrN6O3V83. The number of carbonyl (C=O) groups is 2. The van der Waals surface area contributed by atoms with Gasteiger partial charge in [-0.15, -0.1) is 5.01 Å². The average molecular weight is 4980 g/mol. The minimum Gasteiger partial charge on any atom is -0.375 e. The van der Waals surface area contributed by atoms with Crippen LogP contribution < -0.4 is 0 Å². The van der Waals surface area contributed by atoms with Crippen molar-refractivity contribution in [1.82, 2.24) is 19.0 Å². The van der Waals surface area contributed by atoms with E-state index in [1.807, 2.05) is 27.8 Å². The van der Waals surface area contributed by atoms with Crippen molar-refractivity contribution in [2.75, 3.05) is 33.3 Å². The van der Waals surface area contributed by atoms with Crippen LogP contribution in [0.3, 0.4) is 0 Å². The van der Waals surface area contributed by atoms with E-state index >= 15 is 0 Å². The summed E-state index contributed by atoms with van der Waals surface area (Å²) in [4.78, 5) is 34.2. The number of piperidine rings is 1. The first-order valence-corrected chi connectivity index (χ1v) is 19.3. The van der Waals surface area contributed by atoms with Gasteiger partial charge in [-0.3, -0.25) is 23.6 Å². The maximum atomic E-state index is 13.2. The van der Waals surface area contributed by atoms with Crippen LogP contribution >= 0.6 is 15.9 Å². The van der Waals surface area contributed by atoms with Gasteiger partial charge in [0.25, 0.3) is 0 Å².